The first kappa shape index (κ1) is 13.1. The standard InChI is InChI=1S/C15H16N2O2/c1-3-17(14-7-5-4-6-11(14)2)15(19)12-8-13(18)10-16-9-12/h4-10,18H,3H2,1-2H3. The third-order valence-corrected chi connectivity index (χ3v) is 2.94. The minimum Gasteiger partial charge on any atom is -0.506 e. The maximum Gasteiger partial charge on any atom is 0.259 e. The summed E-state index contributed by atoms with van der Waals surface area (Å²) >= 11 is 0. The van der Waals surface area contributed by atoms with Crippen LogP contribution in [0.4, 0.5) is 5.69 Å². The van der Waals surface area contributed by atoms with Crippen LogP contribution in [0, 0.1) is 6.92 Å². The molecule has 19 heavy (non-hydrogen) atoms. The average Bonchev–Trinajstić information content (AvgIpc) is 2.41. The zero-order valence-electron chi connectivity index (χ0n) is 11.0. The minimum atomic E-state index is -0.166. The van der Waals surface area contributed by atoms with Gasteiger partial charge in [0.05, 0.1) is 11.8 Å². The molecule has 0 saturated heterocycles. The molecule has 0 aliphatic rings. The van der Waals surface area contributed by atoms with Crippen LogP contribution in [0.1, 0.15) is 22.8 Å². The molecule has 1 aromatic carbocycles. The Bertz CT molecular complexity index is 596. The van der Waals surface area contributed by atoms with Crippen molar-refractivity contribution in [2.75, 3.05) is 11.4 Å². The fraction of sp³-hybridized carbons (Fsp3) is 0.200. The van der Waals surface area contributed by atoms with Crippen molar-refractivity contribution in [2.45, 2.75) is 13.8 Å². The molecular formula is C15H16N2O2. The maximum atomic E-state index is 12.5. The molecule has 0 atom stereocenters. The first-order chi connectivity index (χ1) is 9.13. The van der Waals surface area contributed by atoms with Crippen molar-refractivity contribution in [2.24, 2.45) is 0 Å². The van der Waals surface area contributed by atoms with E-state index >= 15 is 0 Å². The Morgan fingerprint density at radius 1 is 1.32 bits per heavy atom. The summed E-state index contributed by atoms with van der Waals surface area (Å²) in [5.74, 6) is -0.174. The van der Waals surface area contributed by atoms with Gasteiger partial charge in [0, 0.05) is 18.4 Å². The molecule has 0 saturated carbocycles. The number of nitrogens with zero attached hydrogens (tertiary/aromatic N) is 2. The lowest BCUT2D eigenvalue weighted by molar-refractivity contribution is 0.0987. The van der Waals surface area contributed by atoms with E-state index in [9.17, 15) is 9.90 Å². The van der Waals surface area contributed by atoms with Crippen molar-refractivity contribution < 1.29 is 9.90 Å². The van der Waals surface area contributed by atoms with Gasteiger partial charge in [-0.05, 0) is 31.5 Å². The molecule has 1 heterocycles. The van der Waals surface area contributed by atoms with Gasteiger partial charge in [-0.15, -0.1) is 0 Å². The maximum absolute atomic E-state index is 12.5. The second kappa shape index (κ2) is 5.52. The van der Waals surface area contributed by atoms with Crippen LogP contribution >= 0.6 is 0 Å². The van der Waals surface area contributed by atoms with Crippen LogP contribution in [0.3, 0.4) is 0 Å². The van der Waals surface area contributed by atoms with Gasteiger partial charge in [0.15, 0.2) is 0 Å². The number of aromatic nitrogens is 1. The second-order valence-corrected chi connectivity index (χ2v) is 4.27. The van der Waals surface area contributed by atoms with Crippen LogP contribution in [0.15, 0.2) is 42.7 Å². The molecular weight excluding hydrogens is 240 g/mol. The lowest BCUT2D eigenvalue weighted by Gasteiger charge is -2.22. The zero-order valence-corrected chi connectivity index (χ0v) is 11.0. The highest BCUT2D eigenvalue weighted by Crippen LogP contribution is 2.22. The van der Waals surface area contributed by atoms with E-state index in [2.05, 4.69) is 4.98 Å². The second-order valence-electron chi connectivity index (χ2n) is 4.27. The summed E-state index contributed by atoms with van der Waals surface area (Å²) in [5, 5.41) is 9.41. The fourth-order valence-corrected chi connectivity index (χ4v) is 1.99. The van der Waals surface area contributed by atoms with E-state index in [0.717, 1.165) is 11.3 Å². The van der Waals surface area contributed by atoms with E-state index in [1.165, 1.54) is 18.5 Å². The monoisotopic (exact) mass is 256 g/mol. The predicted octanol–water partition coefficient (Wildman–Crippen LogP) is 2.76. The molecule has 2 aromatic rings. The third kappa shape index (κ3) is 2.73. The number of aryl methyl sites for hydroxylation is 1. The highest BCUT2D eigenvalue weighted by molar-refractivity contribution is 6.06. The van der Waals surface area contributed by atoms with Crippen LogP contribution in [0.5, 0.6) is 5.75 Å². The number of benzene rings is 1. The Labute approximate surface area is 112 Å². The molecule has 4 heteroatoms. The van der Waals surface area contributed by atoms with Gasteiger partial charge in [0.25, 0.3) is 5.91 Å². The molecule has 0 aliphatic carbocycles. The molecule has 0 bridgehead atoms. The molecule has 0 spiro atoms. The number of para-hydroxylation sites is 1. The van der Waals surface area contributed by atoms with Gasteiger partial charge in [-0.25, -0.2) is 0 Å². The highest BCUT2D eigenvalue weighted by Gasteiger charge is 2.18. The summed E-state index contributed by atoms with van der Waals surface area (Å²) in [6.45, 7) is 4.44. The van der Waals surface area contributed by atoms with Crippen LogP contribution in [-0.4, -0.2) is 22.5 Å². The van der Waals surface area contributed by atoms with Crippen molar-refractivity contribution in [3.05, 3.63) is 53.9 Å². The fourth-order valence-electron chi connectivity index (χ4n) is 1.99. The molecule has 4 nitrogen and oxygen atoms in total. The summed E-state index contributed by atoms with van der Waals surface area (Å²) in [6.07, 6.45) is 2.77. The first-order valence-corrected chi connectivity index (χ1v) is 6.15. The first-order valence-electron chi connectivity index (χ1n) is 6.15. The molecule has 0 unspecified atom stereocenters. The van der Waals surface area contributed by atoms with Crippen LogP contribution in [-0.2, 0) is 0 Å². The summed E-state index contributed by atoms with van der Waals surface area (Å²) < 4.78 is 0. The van der Waals surface area contributed by atoms with E-state index in [1.807, 2.05) is 38.1 Å². The molecule has 0 fully saturated rings. The van der Waals surface area contributed by atoms with E-state index in [4.69, 9.17) is 0 Å². The van der Waals surface area contributed by atoms with Gasteiger partial charge in [-0.3, -0.25) is 9.78 Å². The number of carbonyl (C=O) groups is 1. The van der Waals surface area contributed by atoms with Crippen LogP contribution in [0.25, 0.3) is 0 Å². The minimum absolute atomic E-state index is 0.00770. The summed E-state index contributed by atoms with van der Waals surface area (Å²) in [7, 11) is 0. The Hall–Kier alpha value is -2.36. The zero-order chi connectivity index (χ0) is 13.8. The Morgan fingerprint density at radius 2 is 2.05 bits per heavy atom. The number of anilines is 1. The molecule has 2 rings (SSSR count). The van der Waals surface area contributed by atoms with E-state index < -0.39 is 0 Å². The SMILES string of the molecule is CCN(C(=O)c1cncc(O)c1)c1ccccc1C. The van der Waals surface area contributed by atoms with E-state index in [0.29, 0.717) is 12.1 Å². The number of hydrogen-bond acceptors (Lipinski definition) is 3. The number of rotatable bonds is 3. The molecule has 1 N–H and O–H groups in total. The van der Waals surface area contributed by atoms with Crippen molar-refractivity contribution in [1.29, 1.82) is 0 Å². The lowest BCUT2D eigenvalue weighted by atomic mass is 10.1. The van der Waals surface area contributed by atoms with Crippen molar-refractivity contribution in [1.82, 2.24) is 4.98 Å². The van der Waals surface area contributed by atoms with Gasteiger partial charge in [-0.2, -0.15) is 0 Å². The summed E-state index contributed by atoms with van der Waals surface area (Å²) in [5.41, 5.74) is 2.29. The van der Waals surface area contributed by atoms with Crippen molar-refractivity contribution >= 4 is 11.6 Å². The quantitative estimate of drug-likeness (QED) is 0.918. The highest BCUT2D eigenvalue weighted by atomic mass is 16.3. The van der Waals surface area contributed by atoms with Crippen LogP contribution in [0.2, 0.25) is 0 Å². The van der Waals surface area contributed by atoms with Gasteiger partial charge >= 0.3 is 0 Å². The number of amides is 1. The smallest absolute Gasteiger partial charge is 0.259 e. The number of pyridine rings is 1. The molecule has 98 valence electrons. The van der Waals surface area contributed by atoms with Crippen molar-refractivity contribution in [3.8, 4) is 5.75 Å². The number of hydrogen-bond donors (Lipinski definition) is 1. The van der Waals surface area contributed by atoms with Crippen LogP contribution < -0.4 is 4.90 Å². The summed E-state index contributed by atoms with van der Waals surface area (Å²) in [4.78, 5) is 18.0. The van der Waals surface area contributed by atoms with Gasteiger partial charge < -0.3 is 10.0 Å². The average molecular weight is 256 g/mol. The van der Waals surface area contributed by atoms with Gasteiger partial charge in [0.1, 0.15) is 5.75 Å². The Balaban J connectivity index is 2.38. The molecule has 0 aliphatic heterocycles. The molecule has 0 radical (unpaired) electrons. The summed E-state index contributed by atoms with van der Waals surface area (Å²) in [6, 6.07) is 9.14. The van der Waals surface area contributed by atoms with Gasteiger partial charge in [-0.1, -0.05) is 18.2 Å². The third-order valence-electron chi connectivity index (χ3n) is 2.94. The Kier molecular flexibility index (Phi) is 3.80. The van der Waals surface area contributed by atoms with E-state index in [-0.39, 0.29) is 11.7 Å². The molecule has 1 aromatic heterocycles. The predicted molar refractivity (Wildman–Crippen MR) is 74.4 cm³/mol. The molecule has 1 amide bonds. The number of carbonyl (C=O) groups excluding carboxylic acids is 1. The number of aromatic hydroxyl groups is 1. The topological polar surface area (TPSA) is 53.4 Å². The van der Waals surface area contributed by atoms with Gasteiger partial charge in [0.2, 0.25) is 0 Å². The lowest BCUT2D eigenvalue weighted by Crippen LogP contribution is -2.31. The van der Waals surface area contributed by atoms with Crippen molar-refractivity contribution in [3.63, 3.8) is 0 Å². The Morgan fingerprint density at radius 3 is 2.68 bits per heavy atom. The largest absolute Gasteiger partial charge is 0.506 e. The van der Waals surface area contributed by atoms with E-state index in [1.54, 1.807) is 4.90 Å². The normalized spacial score (nSPS) is 10.2.